The molecule has 1 aromatic heterocycles. The topological polar surface area (TPSA) is 106 Å². The van der Waals surface area contributed by atoms with E-state index in [9.17, 15) is 4.79 Å². The first-order valence-electron chi connectivity index (χ1n) is 10.7. The van der Waals surface area contributed by atoms with E-state index in [-0.39, 0.29) is 17.9 Å². The molecule has 2 saturated carbocycles. The summed E-state index contributed by atoms with van der Waals surface area (Å²) < 4.78 is 0. The van der Waals surface area contributed by atoms with Crippen molar-refractivity contribution < 1.29 is 4.79 Å². The van der Waals surface area contributed by atoms with E-state index in [2.05, 4.69) is 32.5 Å². The Hall–Kier alpha value is -2.35. The van der Waals surface area contributed by atoms with Crippen molar-refractivity contribution in [1.29, 1.82) is 0 Å². The van der Waals surface area contributed by atoms with Crippen LogP contribution in [0.4, 0.5) is 17.6 Å². The Labute approximate surface area is 182 Å². The molecule has 1 heterocycles. The van der Waals surface area contributed by atoms with Gasteiger partial charge in [0.2, 0.25) is 17.8 Å². The smallest absolute Gasteiger partial charge is 0.232 e. The molecular weight excluding hydrogens is 396 g/mol. The predicted octanol–water partition coefficient (Wildman–Crippen LogP) is 3.68. The van der Waals surface area contributed by atoms with Crippen LogP contribution in [0.2, 0.25) is 0 Å². The van der Waals surface area contributed by atoms with Gasteiger partial charge in [0.25, 0.3) is 0 Å². The van der Waals surface area contributed by atoms with E-state index in [1.807, 2.05) is 31.2 Å². The standard InChI is InChI=1S/C22H30N6OS/c1-13-5-3-4-6-18(13)25-22-27-19(26-21(23)28-22)11-30-12-20(29)24-14(2)17-10-15-7-8-16(17)9-15/h3-6,14-17H,7-12H2,1-2H3,(H,24,29)(H3,23,25,26,27,28). The summed E-state index contributed by atoms with van der Waals surface area (Å²) in [7, 11) is 0. The van der Waals surface area contributed by atoms with Gasteiger partial charge in [-0.3, -0.25) is 4.79 Å². The average Bonchev–Trinajstić information content (AvgIpc) is 3.33. The molecule has 1 amide bonds. The van der Waals surface area contributed by atoms with Crippen LogP contribution in [0.15, 0.2) is 24.3 Å². The Morgan fingerprint density at radius 3 is 2.80 bits per heavy atom. The first-order chi connectivity index (χ1) is 14.5. The zero-order valence-corrected chi connectivity index (χ0v) is 18.4. The van der Waals surface area contributed by atoms with Crippen molar-refractivity contribution in [1.82, 2.24) is 20.3 Å². The van der Waals surface area contributed by atoms with Gasteiger partial charge in [-0.2, -0.15) is 15.0 Å². The summed E-state index contributed by atoms with van der Waals surface area (Å²) in [5, 5.41) is 6.40. The molecule has 8 heteroatoms. The van der Waals surface area contributed by atoms with Gasteiger partial charge in [-0.1, -0.05) is 24.6 Å². The molecule has 4 rings (SSSR count). The minimum atomic E-state index is 0.0792. The lowest BCUT2D eigenvalue weighted by Gasteiger charge is -2.28. The average molecular weight is 427 g/mol. The van der Waals surface area contributed by atoms with Gasteiger partial charge in [0, 0.05) is 11.7 Å². The van der Waals surface area contributed by atoms with Gasteiger partial charge in [0.05, 0.1) is 11.5 Å². The minimum Gasteiger partial charge on any atom is -0.368 e. The highest BCUT2D eigenvalue weighted by Crippen LogP contribution is 2.49. The molecule has 4 unspecified atom stereocenters. The Balaban J connectivity index is 1.27. The largest absolute Gasteiger partial charge is 0.368 e. The molecule has 2 fully saturated rings. The summed E-state index contributed by atoms with van der Waals surface area (Å²) >= 11 is 1.49. The van der Waals surface area contributed by atoms with E-state index in [1.165, 1.54) is 37.4 Å². The van der Waals surface area contributed by atoms with Crippen molar-refractivity contribution in [3.8, 4) is 0 Å². The van der Waals surface area contributed by atoms with Crippen LogP contribution in [-0.4, -0.2) is 32.7 Å². The number of fused-ring (bicyclic) bond motifs is 2. The number of nitrogens with zero attached hydrogens (tertiary/aromatic N) is 3. The fourth-order valence-electron chi connectivity index (χ4n) is 4.94. The van der Waals surface area contributed by atoms with Crippen LogP contribution in [0, 0.1) is 24.7 Å². The number of aryl methyl sites for hydroxylation is 1. The number of carbonyl (C=O) groups excluding carboxylic acids is 1. The molecule has 4 N–H and O–H groups in total. The second kappa shape index (κ2) is 9.20. The number of hydrogen-bond acceptors (Lipinski definition) is 7. The lowest BCUT2D eigenvalue weighted by atomic mass is 9.84. The number of carbonyl (C=O) groups is 1. The number of rotatable bonds is 8. The third kappa shape index (κ3) is 5.03. The molecule has 30 heavy (non-hydrogen) atoms. The lowest BCUT2D eigenvalue weighted by Crippen LogP contribution is -2.40. The molecule has 1 aromatic carbocycles. The van der Waals surface area contributed by atoms with Crippen LogP contribution >= 0.6 is 11.8 Å². The van der Waals surface area contributed by atoms with Crippen LogP contribution in [0.25, 0.3) is 0 Å². The summed E-state index contributed by atoms with van der Waals surface area (Å²) in [6.07, 6.45) is 5.36. The van der Waals surface area contributed by atoms with Crippen molar-refractivity contribution in [3.05, 3.63) is 35.7 Å². The number of amides is 1. The van der Waals surface area contributed by atoms with Crippen molar-refractivity contribution >= 4 is 35.3 Å². The summed E-state index contributed by atoms with van der Waals surface area (Å²) in [5.74, 6) is 4.48. The number of para-hydroxylation sites is 1. The zero-order valence-electron chi connectivity index (χ0n) is 17.6. The van der Waals surface area contributed by atoms with Crippen LogP contribution in [0.5, 0.6) is 0 Å². The lowest BCUT2D eigenvalue weighted by molar-refractivity contribution is -0.119. The van der Waals surface area contributed by atoms with Gasteiger partial charge in [0.1, 0.15) is 5.82 Å². The van der Waals surface area contributed by atoms with Gasteiger partial charge >= 0.3 is 0 Å². The summed E-state index contributed by atoms with van der Waals surface area (Å²) in [4.78, 5) is 25.2. The number of nitrogens with two attached hydrogens (primary N) is 1. The molecule has 4 atom stereocenters. The summed E-state index contributed by atoms with van der Waals surface area (Å²) in [6, 6.07) is 8.16. The molecule has 2 aromatic rings. The third-order valence-corrected chi connectivity index (χ3v) is 7.31. The van der Waals surface area contributed by atoms with Crippen molar-refractivity contribution in [2.45, 2.75) is 51.3 Å². The number of nitrogens with one attached hydrogen (secondary N) is 2. The minimum absolute atomic E-state index is 0.0792. The predicted molar refractivity (Wildman–Crippen MR) is 121 cm³/mol. The third-order valence-electron chi connectivity index (χ3n) is 6.38. The van der Waals surface area contributed by atoms with E-state index in [1.54, 1.807) is 0 Å². The molecule has 160 valence electrons. The second-order valence-electron chi connectivity index (χ2n) is 8.56. The van der Waals surface area contributed by atoms with E-state index < -0.39 is 0 Å². The second-order valence-corrected chi connectivity index (χ2v) is 9.55. The first kappa shape index (κ1) is 20.9. The Kier molecular flexibility index (Phi) is 6.41. The number of anilines is 3. The molecule has 2 aliphatic rings. The summed E-state index contributed by atoms with van der Waals surface area (Å²) in [5.41, 5.74) is 7.88. The number of benzene rings is 1. The van der Waals surface area contributed by atoms with Crippen molar-refractivity contribution in [2.75, 3.05) is 16.8 Å². The zero-order chi connectivity index (χ0) is 21.1. The highest BCUT2D eigenvalue weighted by atomic mass is 32.2. The van der Waals surface area contributed by atoms with Crippen LogP contribution < -0.4 is 16.4 Å². The quantitative estimate of drug-likeness (QED) is 0.591. The van der Waals surface area contributed by atoms with E-state index >= 15 is 0 Å². The van der Waals surface area contributed by atoms with Crippen LogP contribution in [-0.2, 0) is 10.5 Å². The van der Waals surface area contributed by atoms with E-state index in [0.717, 1.165) is 23.1 Å². The molecule has 0 spiro atoms. The monoisotopic (exact) mass is 426 g/mol. The van der Waals surface area contributed by atoms with Gasteiger partial charge < -0.3 is 16.4 Å². The highest BCUT2D eigenvalue weighted by Gasteiger charge is 2.42. The van der Waals surface area contributed by atoms with Crippen molar-refractivity contribution in [3.63, 3.8) is 0 Å². The summed E-state index contributed by atoms with van der Waals surface area (Å²) in [6.45, 7) is 4.17. The molecule has 0 saturated heterocycles. The van der Waals surface area contributed by atoms with E-state index in [4.69, 9.17) is 5.73 Å². The molecule has 2 aliphatic carbocycles. The SMILES string of the molecule is Cc1ccccc1Nc1nc(N)nc(CSCC(=O)NC(C)C2CC3CCC2C3)n1. The molecule has 0 aliphatic heterocycles. The maximum absolute atomic E-state index is 12.4. The first-order valence-corrected chi connectivity index (χ1v) is 11.8. The number of aromatic nitrogens is 3. The van der Waals surface area contributed by atoms with Gasteiger partial charge in [-0.05, 0) is 62.5 Å². The van der Waals surface area contributed by atoms with Crippen LogP contribution in [0.3, 0.4) is 0 Å². The molecule has 7 nitrogen and oxygen atoms in total. The van der Waals surface area contributed by atoms with Gasteiger partial charge in [-0.15, -0.1) is 11.8 Å². The van der Waals surface area contributed by atoms with Crippen molar-refractivity contribution in [2.24, 2.45) is 17.8 Å². The Morgan fingerprint density at radius 2 is 2.07 bits per heavy atom. The molecular formula is C22H30N6OS. The number of hydrogen-bond donors (Lipinski definition) is 3. The van der Waals surface area contributed by atoms with Gasteiger partial charge in [0.15, 0.2) is 0 Å². The van der Waals surface area contributed by atoms with Crippen LogP contribution in [0.1, 0.15) is 44.0 Å². The molecule has 0 radical (unpaired) electrons. The fraction of sp³-hybridized carbons (Fsp3) is 0.545. The Morgan fingerprint density at radius 1 is 1.23 bits per heavy atom. The Bertz CT molecular complexity index is 907. The maximum Gasteiger partial charge on any atom is 0.232 e. The normalized spacial score (nSPS) is 23.3. The highest BCUT2D eigenvalue weighted by molar-refractivity contribution is 7.99. The number of thioether (sulfide) groups is 1. The number of nitrogen functional groups attached to an aromatic ring is 1. The fourth-order valence-corrected chi connectivity index (χ4v) is 5.62. The van der Waals surface area contributed by atoms with Gasteiger partial charge in [-0.25, -0.2) is 0 Å². The maximum atomic E-state index is 12.4. The van der Waals surface area contributed by atoms with E-state index in [0.29, 0.717) is 29.2 Å². The molecule has 2 bridgehead atoms.